The van der Waals surface area contributed by atoms with Crippen molar-refractivity contribution in [3.63, 3.8) is 0 Å². The number of rotatable bonds is 6. The molecule has 2 bridgehead atoms. The first-order valence-electron chi connectivity index (χ1n) is 12.8. The summed E-state index contributed by atoms with van der Waals surface area (Å²) in [5.41, 5.74) is 1.91. The SMILES string of the molecule is CCOc1ccc(N2C[C@@H](C(=O)Oc3ccc(N4C(=O)[C@@H]5[C@H](C4=O)[C@H]4C=C[C@H]5C4)c(C)c3)CC2=O)cc1. The van der Waals surface area contributed by atoms with Gasteiger partial charge in [0, 0.05) is 18.7 Å². The van der Waals surface area contributed by atoms with Crippen molar-refractivity contribution in [2.45, 2.75) is 26.7 Å². The maximum Gasteiger partial charge on any atom is 0.316 e. The molecule has 2 aromatic carbocycles. The molecule has 37 heavy (non-hydrogen) atoms. The summed E-state index contributed by atoms with van der Waals surface area (Å²) in [6, 6.07) is 12.1. The summed E-state index contributed by atoms with van der Waals surface area (Å²) in [5.74, 6) is -0.703. The summed E-state index contributed by atoms with van der Waals surface area (Å²) in [6.07, 6.45) is 5.09. The largest absolute Gasteiger partial charge is 0.494 e. The molecule has 2 aliphatic heterocycles. The molecule has 3 amide bonds. The molecule has 0 N–H and O–H groups in total. The second kappa shape index (κ2) is 8.87. The average Bonchev–Trinajstić information content (AvgIpc) is 3.64. The monoisotopic (exact) mass is 500 g/mol. The number of aryl methyl sites for hydroxylation is 1. The van der Waals surface area contributed by atoms with Crippen molar-refractivity contribution in [2.75, 3.05) is 23.0 Å². The highest BCUT2D eigenvalue weighted by Gasteiger charge is 2.59. The summed E-state index contributed by atoms with van der Waals surface area (Å²) in [6.45, 7) is 4.49. The van der Waals surface area contributed by atoms with E-state index in [-0.39, 0.29) is 54.4 Å². The van der Waals surface area contributed by atoms with Gasteiger partial charge in [-0.25, -0.2) is 4.90 Å². The van der Waals surface area contributed by atoms with Gasteiger partial charge < -0.3 is 14.4 Å². The molecule has 0 unspecified atom stereocenters. The number of anilines is 2. The smallest absolute Gasteiger partial charge is 0.316 e. The number of esters is 1. The predicted octanol–water partition coefficient (Wildman–Crippen LogP) is 3.66. The molecule has 5 atom stereocenters. The van der Waals surface area contributed by atoms with Gasteiger partial charge >= 0.3 is 5.97 Å². The van der Waals surface area contributed by atoms with Gasteiger partial charge in [-0.3, -0.25) is 19.2 Å². The third-order valence-corrected chi connectivity index (χ3v) is 8.02. The molecule has 8 nitrogen and oxygen atoms in total. The van der Waals surface area contributed by atoms with Crippen LogP contribution in [-0.2, 0) is 19.2 Å². The van der Waals surface area contributed by atoms with Crippen molar-refractivity contribution >= 4 is 35.1 Å². The standard InChI is InChI=1S/C29H28N2O6/c1-3-36-21-8-6-20(7-9-21)30-15-19(14-24(30)32)29(35)37-22-10-11-23(16(2)12-22)31-27(33)25-17-4-5-18(13-17)26(25)28(31)34/h4-12,17-19,25-26H,3,13-15H2,1-2H3/t17-,18-,19-,25-,26+/m0/s1. The second-order valence-electron chi connectivity index (χ2n) is 10.2. The first-order valence-corrected chi connectivity index (χ1v) is 12.8. The molecule has 190 valence electrons. The lowest BCUT2D eigenvalue weighted by atomic mass is 9.85. The lowest BCUT2D eigenvalue weighted by molar-refractivity contribution is -0.139. The quantitative estimate of drug-likeness (QED) is 0.260. The molecular formula is C29H28N2O6. The Morgan fingerprint density at radius 3 is 2.22 bits per heavy atom. The fraction of sp³-hybridized carbons (Fsp3) is 0.379. The zero-order valence-corrected chi connectivity index (χ0v) is 20.8. The lowest BCUT2D eigenvalue weighted by Crippen LogP contribution is -2.33. The Kier molecular flexibility index (Phi) is 5.62. The van der Waals surface area contributed by atoms with E-state index in [0.717, 1.165) is 12.2 Å². The van der Waals surface area contributed by atoms with Gasteiger partial charge in [-0.05, 0) is 80.1 Å². The van der Waals surface area contributed by atoms with Crippen LogP contribution in [0.3, 0.4) is 0 Å². The highest BCUT2D eigenvalue weighted by Crippen LogP contribution is 2.53. The normalized spacial score (nSPS) is 27.8. The van der Waals surface area contributed by atoms with Gasteiger partial charge in [-0.1, -0.05) is 12.2 Å². The Hall–Kier alpha value is -3.94. The first-order chi connectivity index (χ1) is 17.9. The van der Waals surface area contributed by atoms with Crippen molar-refractivity contribution in [1.82, 2.24) is 0 Å². The Morgan fingerprint density at radius 2 is 1.59 bits per heavy atom. The topological polar surface area (TPSA) is 93.2 Å². The van der Waals surface area contributed by atoms with Crippen LogP contribution in [0.2, 0.25) is 0 Å². The molecule has 8 heteroatoms. The number of carbonyl (C=O) groups excluding carboxylic acids is 4. The minimum atomic E-state index is -0.594. The number of benzene rings is 2. The number of nitrogens with zero attached hydrogens (tertiary/aromatic N) is 2. The molecule has 1 saturated carbocycles. The summed E-state index contributed by atoms with van der Waals surface area (Å²) in [7, 11) is 0. The number of hydrogen-bond donors (Lipinski definition) is 0. The van der Waals surface area contributed by atoms with Crippen LogP contribution in [0.1, 0.15) is 25.3 Å². The average molecular weight is 501 g/mol. The van der Waals surface area contributed by atoms with E-state index in [4.69, 9.17) is 9.47 Å². The van der Waals surface area contributed by atoms with Crippen molar-refractivity contribution in [2.24, 2.45) is 29.6 Å². The van der Waals surface area contributed by atoms with Crippen LogP contribution in [0.25, 0.3) is 0 Å². The van der Waals surface area contributed by atoms with Crippen LogP contribution >= 0.6 is 0 Å². The molecular weight excluding hydrogens is 472 g/mol. The van der Waals surface area contributed by atoms with E-state index in [9.17, 15) is 19.2 Å². The van der Waals surface area contributed by atoms with Crippen LogP contribution in [0.4, 0.5) is 11.4 Å². The van der Waals surface area contributed by atoms with E-state index in [0.29, 0.717) is 29.3 Å². The van der Waals surface area contributed by atoms with E-state index in [1.807, 2.05) is 6.92 Å². The van der Waals surface area contributed by atoms with E-state index in [1.165, 1.54) is 4.90 Å². The Labute approximate surface area is 214 Å². The molecule has 2 heterocycles. The molecule has 3 fully saturated rings. The molecule has 2 aliphatic carbocycles. The molecule has 0 aromatic heterocycles. The summed E-state index contributed by atoms with van der Waals surface area (Å²) >= 11 is 0. The molecule has 0 radical (unpaired) electrons. The van der Waals surface area contributed by atoms with Gasteiger partial charge in [0.05, 0.1) is 30.0 Å². The number of fused-ring (bicyclic) bond motifs is 5. The summed E-state index contributed by atoms with van der Waals surface area (Å²) in [5, 5.41) is 0. The number of amides is 3. The van der Waals surface area contributed by atoms with Gasteiger partial charge in [-0.15, -0.1) is 0 Å². The number of hydrogen-bond acceptors (Lipinski definition) is 6. The maximum atomic E-state index is 13.1. The van der Waals surface area contributed by atoms with Crippen molar-refractivity contribution in [3.05, 3.63) is 60.2 Å². The van der Waals surface area contributed by atoms with Crippen LogP contribution in [0.5, 0.6) is 11.5 Å². The van der Waals surface area contributed by atoms with Crippen molar-refractivity contribution in [3.8, 4) is 11.5 Å². The number of carbonyl (C=O) groups is 4. The van der Waals surface area contributed by atoms with Gasteiger partial charge in [0.1, 0.15) is 11.5 Å². The van der Waals surface area contributed by atoms with Gasteiger partial charge in [0.25, 0.3) is 0 Å². The van der Waals surface area contributed by atoms with Gasteiger partial charge in [-0.2, -0.15) is 0 Å². The second-order valence-corrected chi connectivity index (χ2v) is 10.2. The van der Waals surface area contributed by atoms with Crippen LogP contribution < -0.4 is 19.3 Å². The highest BCUT2D eigenvalue weighted by molar-refractivity contribution is 6.23. The van der Waals surface area contributed by atoms with Gasteiger partial charge in [0.2, 0.25) is 17.7 Å². The summed E-state index contributed by atoms with van der Waals surface area (Å²) in [4.78, 5) is 54.7. The zero-order chi connectivity index (χ0) is 25.8. The fourth-order valence-electron chi connectivity index (χ4n) is 6.29. The van der Waals surface area contributed by atoms with Crippen LogP contribution in [0, 0.1) is 36.5 Å². The molecule has 2 aromatic rings. The Morgan fingerprint density at radius 1 is 0.946 bits per heavy atom. The first kappa shape index (κ1) is 23.5. The fourth-order valence-corrected chi connectivity index (χ4v) is 6.29. The summed E-state index contributed by atoms with van der Waals surface area (Å²) < 4.78 is 11.1. The molecule has 4 aliphatic rings. The van der Waals surface area contributed by atoms with Crippen LogP contribution in [-0.4, -0.2) is 36.8 Å². The maximum absolute atomic E-state index is 13.1. The number of allylic oxidation sites excluding steroid dienone is 2. The van der Waals surface area contributed by atoms with Crippen molar-refractivity contribution in [1.29, 1.82) is 0 Å². The Bertz CT molecular complexity index is 1300. The minimum Gasteiger partial charge on any atom is -0.494 e. The van der Waals surface area contributed by atoms with E-state index in [1.54, 1.807) is 54.3 Å². The molecule has 0 spiro atoms. The minimum absolute atomic E-state index is 0.0685. The van der Waals surface area contributed by atoms with Crippen LogP contribution in [0.15, 0.2) is 54.6 Å². The van der Waals surface area contributed by atoms with Gasteiger partial charge in [0.15, 0.2) is 0 Å². The van der Waals surface area contributed by atoms with E-state index in [2.05, 4.69) is 12.2 Å². The zero-order valence-electron chi connectivity index (χ0n) is 20.8. The van der Waals surface area contributed by atoms with E-state index >= 15 is 0 Å². The lowest BCUT2D eigenvalue weighted by Gasteiger charge is -2.20. The third kappa shape index (κ3) is 3.82. The van der Waals surface area contributed by atoms with Crippen molar-refractivity contribution < 1.29 is 28.7 Å². The Balaban J connectivity index is 1.13. The molecule has 2 saturated heterocycles. The number of imide groups is 1. The van der Waals surface area contributed by atoms with E-state index < -0.39 is 11.9 Å². The third-order valence-electron chi connectivity index (χ3n) is 8.02. The predicted molar refractivity (Wildman–Crippen MR) is 135 cm³/mol. The number of ether oxygens (including phenoxy) is 2. The highest BCUT2D eigenvalue weighted by atomic mass is 16.5. The molecule has 6 rings (SSSR count).